The molecule has 0 spiro atoms. The van der Waals surface area contributed by atoms with Crippen LogP contribution in [0.5, 0.6) is 0 Å². The number of amides is 1. The fraction of sp³-hybridized carbons (Fsp3) is 0.143. The maximum absolute atomic E-state index is 13.2. The van der Waals surface area contributed by atoms with E-state index >= 15 is 0 Å². The minimum Gasteiger partial charge on any atom is -0.452 e. The number of carbonyl (C=O) groups excluding carboxylic acids is 2. The standard InChI is InChI=1S/C21H19FN2O3S/c1-13-4-2-5-16(19(13)23)21(26)27-12-18(25)24-20(17-6-3-11-28-17)14-7-9-15(22)10-8-14/h2-11,20H,12,23H2,1H3,(H,24,25)/t20-/m1/s1. The Kier molecular flexibility index (Phi) is 6.06. The van der Waals surface area contributed by atoms with Gasteiger partial charge in [0.05, 0.1) is 11.6 Å². The van der Waals surface area contributed by atoms with E-state index < -0.39 is 24.5 Å². The van der Waals surface area contributed by atoms with Crippen LogP contribution in [0.1, 0.15) is 32.4 Å². The van der Waals surface area contributed by atoms with Crippen LogP contribution in [0.15, 0.2) is 60.0 Å². The van der Waals surface area contributed by atoms with Crippen molar-refractivity contribution in [2.24, 2.45) is 0 Å². The molecule has 0 radical (unpaired) electrons. The number of thiophene rings is 1. The normalized spacial score (nSPS) is 11.6. The van der Waals surface area contributed by atoms with Crippen LogP contribution >= 0.6 is 11.3 Å². The molecule has 0 bridgehead atoms. The number of anilines is 1. The van der Waals surface area contributed by atoms with Crippen molar-refractivity contribution in [3.05, 3.63) is 87.4 Å². The molecule has 1 atom stereocenters. The molecule has 3 N–H and O–H groups in total. The van der Waals surface area contributed by atoms with E-state index in [9.17, 15) is 14.0 Å². The maximum atomic E-state index is 13.2. The molecule has 28 heavy (non-hydrogen) atoms. The van der Waals surface area contributed by atoms with Gasteiger partial charge in [-0.05, 0) is 47.7 Å². The van der Waals surface area contributed by atoms with Gasteiger partial charge in [0.1, 0.15) is 5.82 Å². The lowest BCUT2D eigenvalue weighted by Crippen LogP contribution is -2.32. The molecule has 2 aromatic carbocycles. The molecular formula is C21H19FN2O3S. The monoisotopic (exact) mass is 398 g/mol. The predicted octanol–water partition coefficient (Wildman–Crippen LogP) is 3.84. The Morgan fingerprint density at radius 2 is 1.89 bits per heavy atom. The molecule has 1 heterocycles. The van der Waals surface area contributed by atoms with E-state index in [0.29, 0.717) is 5.69 Å². The number of hydrogen-bond acceptors (Lipinski definition) is 5. The molecule has 0 saturated heterocycles. The van der Waals surface area contributed by atoms with E-state index in [2.05, 4.69) is 5.32 Å². The van der Waals surface area contributed by atoms with Crippen LogP contribution in [0, 0.1) is 12.7 Å². The third kappa shape index (κ3) is 4.55. The zero-order chi connectivity index (χ0) is 20.1. The third-order valence-electron chi connectivity index (χ3n) is 4.21. The van der Waals surface area contributed by atoms with Crippen LogP contribution in [0.2, 0.25) is 0 Å². The van der Waals surface area contributed by atoms with Crippen molar-refractivity contribution in [1.29, 1.82) is 0 Å². The van der Waals surface area contributed by atoms with Crippen LogP contribution in [-0.2, 0) is 9.53 Å². The van der Waals surface area contributed by atoms with Crippen LogP contribution in [0.3, 0.4) is 0 Å². The molecule has 7 heteroatoms. The molecule has 0 aliphatic carbocycles. The van der Waals surface area contributed by atoms with E-state index in [1.165, 1.54) is 23.5 Å². The molecule has 144 valence electrons. The van der Waals surface area contributed by atoms with Crippen molar-refractivity contribution in [1.82, 2.24) is 5.32 Å². The van der Waals surface area contributed by atoms with Gasteiger partial charge in [-0.3, -0.25) is 4.79 Å². The first-order chi connectivity index (χ1) is 13.5. The number of benzene rings is 2. The number of para-hydroxylation sites is 1. The molecular weight excluding hydrogens is 379 g/mol. The van der Waals surface area contributed by atoms with Gasteiger partial charge >= 0.3 is 5.97 Å². The summed E-state index contributed by atoms with van der Waals surface area (Å²) in [7, 11) is 0. The van der Waals surface area contributed by atoms with Crippen molar-refractivity contribution in [2.45, 2.75) is 13.0 Å². The number of halogens is 1. The zero-order valence-electron chi connectivity index (χ0n) is 15.1. The van der Waals surface area contributed by atoms with E-state index in [0.717, 1.165) is 16.0 Å². The number of nitrogens with one attached hydrogen (secondary N) is 1. The molecule has 3 rings (SSSR count). The highest BCUT2D eigenvalue weighted by Gasteiger charge is 2.20. The summed E-state index contributed by atoms with van der Waals surface area (Å²) in [6, 6.07) is 14.2. The maximum Gasteiger partial charge on any atom is 0.340 e. The van der Waals surface area contributed by atoms with Crippen molar-refractivity contribution in [3.63, 3.8) is 0 Å². The van der Waals surface area contributed by atoms with Crippen LogP contribution in [-0.4, -0.2) is 18.5 Å². The summed E-state index contributed by atoms with van der Waals surface area (Å²) in [6.07, 6.45) is 0. The summed E-state index contributed by atoms with van der Waals surface area (Å²) < 4.78 is 18.3. The van der Waals surface area contributed by atoms with Gasteiger partial charge in [-0.25, -0.2) is 9.18 Å². The summed E-state index contributed by atoms with van der Waals surface area (Å²) in [5.74, 6) is -1.49. The molecule has 1 amide bonds. The highest BCUT2D eigenvalue weighted by molar-refractivity contribution is 7.10. The SMILES string of the molecule is Cc1cccc(C(=O)OCC(=O)N[C@H](c2ccc(F)cc2)c2cccs2)c1N. The lowest BCUT2D eigenvalue weighted by molar-refractivity contribution is -0.124. The Morgan fingerprint density at radius 3 is 2.57 bits per heavy atom. The molecule has 5 nitrogen and oxygen atoms in total. The molecule has 0 aliphatic rings. The van der Waals surface area contributed by atoms with Crippen molar-refractivity contribution < 1.29 is 18.7 Å². The molecule has 0 unspecified atom stereocenters. The number of carbonyl (C=O) groups is 2. The minimum absolute atomic E-state index is 0.223. The van der Waals surface area contributed by atoms with E-state index in [1.807, 2.05) is 17.5 Å². The van der Waals surface area contributed by atoms with Gasteiger partial charge in [0.2, 0.25) is 0 Å². The average Bonchev–Trinajstić information content (AvgIpc) is 3.21. The first-order valence-corrected chi connectivity index (χ1v) is 9.44. The van der Waals surface area contributed by atoms with Crippen LogP contribution in [0.4, 0.5) is 10.1 Å². The highest BCUT2D eigenvalue weighted by Crippen LogP contribution is 2.26. The summed E-state index contributed by atoms with van der Waals surface area (Å²) in [5, 5.41) is 4.72. The van der Waals surface area contributed by atoms with Gasteiger partial charge in [0.15, 0.2) is 6.61 Å². The number of nitrogen functional groups attached to an aromatic ring is 1. The smallest absolute Gasteiger partial charge is 0.340 e. The number of esters is 1. The van der Waals surface area contributed by atoms with Crippen molar-refractivity contribution in [2.75, 3.05) is 12.3 Å². The fourth-order valence-electron chi connectivity index (χ4n) is 2.70. The second-order valence-electron chi connectivity index (χ2n) is 6.18. The number of rotatable bonds is 6. The molecule has 0 saturated carbocycles. The summed E-state index contributed by atoms with van der Waals surface area (Å²) in [4.78, 5) is 25.5. The quantitative estimate of drug-likeness (QED) is 0.488. The lowest BCUT2D eigenvalue weighted by atomic mass is 10.1. The Labute approximate surface area is 166 Å². The first-order valence-electron chi connectivity index (χ1n) is 8.56. The summed E-state index contributed by atoms with van der Waals surface area (Å²) >= 11 is 1.46. The number of aryl methyl sites for hydroxylation is 1. The van der Waals surface area contributed by atoms with Gasteiger partial charge in [-0.2, -0.15) is 0 Å². The van der Waals surface area contributed by atoms with E-state index in [4.69, 9.17) is 10.5 Å². The fourth-order valence-corrected chi connectivity index (χ4v) is 3.50. The third-order valence-corrected chi connectivity index (χ3v) is 5.15. The van der Waals surface area contributed by atoms with Gasteiger partial charge in [-0.1, -0.05) is 30.3 Å². The van der Waals surface area contributed by atoms with E-state index in [1.54, 1.807) is 37.3 Å². The molecule has 1 aromatic heterocycles. The van der Waals surface area contributed by atoms with E-state index in [-0.39, 0.29) is 11.4 Å². The number of nitrogens with two attached hydrogens (primary N) is 1. The Hall–Kier alpha value is -3.19. The molecule has 0 aliphatic heterocycles. The van der Waals surface area contributed by atoms with Crippen molar-refractivity contribution in [3.8, 4) is 0 Å². The van der Waals surface area contributed by atoms with Gasteiger partial charge in [0, 0.05) is 10.6 Å². The van der Waals surface area contributed by atoms with Gasteiger partial charge in [-0.15, -0.1) is 11.3 Å². The average molecular weight is 398 g/mol. The number of hydrogen-bond donors (Lipinski definition) is 2. The second-order valence-corrected chi connectivity index (χ2v) is 7.16. The predicted molar refractivity (Wildman–Crippen MR) is 107 cm³/mol. The number of ether oxygens (including phenoxy) is 1. The van der Waals surface area contributed by atoms with Crippen LogP contribution in [0.25, 0.3) is 0 Å². The Bertz CT molecular complexity index is 972. The summed E-state index contributed by atoms with van der Waals surface area (Å²) in [6.45, 7) is 1.34. The topological polar surface area (TPSA) is 81.4 Å². The lowest BCUT2D eigenvalue weighted by Gasteiger charge is -2.18. The second kappa shape index (κ2) is 8.67. The highest BCUT2D eigenvalue weighted by atomic mass is 32.1. The zero-order valence-corrected chi connectivity index (χ0v) is 16.0. The van der Waals surface area contributed by atoms with Crippen LogP contribution < -0.4 is 11.1 Å². The molecule has 0 fully saturated rings. The van der Waals surface area contributed by atoms with Gasteiger partial charge < -0.3 is 15.8 Å². The Balaban J connectivity index is 1.68. The first kappa shape index (κ1) is 19.6. The molecule has 3 aromatic rings. The van der Waals surface area contributed by atoms with Crippen molar-refractivity contribution >= 4 is 28.9 Å². The Morgan fingerprint density at radius 1 is 1.14 bits per heavy atom. The largest absolute Gasteiger partial charge is 0.452 e. The van der Waals surface area contributed by atoms with Gasteiger partial charge in [0.25, 0.3) is 5.91 Å². The minimum atomic E-state index is -0.661. The summed E-state index contributed by atoms with van der Waals surface area (Å²) in [5.41, 5.74) is 7.93.